The van der Waals surface area contributed by atoms with Gasteiger partial charge < -0.3 is 4.90 Å². The number of halogens is 2. The van der Waals surface area contributed by atoms with Gasteiger partial charge in [0.05, 0.1) is 12.0 Å². The summed E-state index contributed by atoms with van der Waals surface area (Å²) in [5.74, 6) is -0.534. The van der Waals surface area contributed by atoms with Crippen LogP contribution in [-0.4, -0.2) is 24.8 Å². The van der Waals surface area contributed by atoms with Crippen LogP contribution >= 0.6 is 0 Å². The zero-order valence-electron chi connectivity index (χ0n) is 14.0. The lowest BCUT2D eigenvalue weighted by Gasteiger charge is -2.12. The highest BCUT2D eigenvalue weighted by molar-refractivity contribution is 5.64. The van der Waals surface area contributed by atoms with Crippen LogP contribution in [0.1, 0.15) is 29.2 Å². The minimum absolute atomic E-state index is 0.224. The van der Waals surface area contributed by atoms with Gasteiger partial charge in [-0.05, 0) is 67.6 Å². The van der Waals surface area contributed by atoms with Crippen molar-refractivity contribution in [2.24, 2.45) is 4.99 Å². The van der Waals surface area contributed by atoms with Crippen molar-refractivity contribution < 1.29 is 8.78 Å². The Labute approximate surface area is 136 Å². The summed E-state index contributed by atoms with van der Waals surface area (Å²) in [6, 6.07) is 7.95. The third kappa shape index (κ3) is 4.38. The molecule has 0 bridgehead atoms. The van der Waals surface area contributed by atoms with Gasteiger partial charge in [-0.1, -0.05) is 12.1 Å². The number of hydrogen-bond donors (Lipinski definition) is 0. The Bertz CT molecular complexity index is 724. The fraction of sp³-hybridized carbons (Fsp3) is 0.316. The van der Waals surface area contributed by atoms with Crippen molar-refractivity contribution in [3.8, 4) is 0 Å². The predicted octanol–water partition coefficient (Wildman–Crippen LogP) is 4.78. The summed E-state index contributed by atoms with van der Waals surface area (Å²) in [6.45, 7) is 6.52. The van der Waals surface area contributed by atoms with Crippen LogP contribution < -0.4 is 0 Å². The van der Waals surface area contributed by atoms with E-state index in [1.54, 1.807) is 25.4 Å². The van der Waals surface area contributed by atoms with Gasteiger partial charge in [0.15, 0.2) is 0 Å². The Balaban J connectivity index is 2.33. The van der Waals surface area contributed by atoms with E-state index < -0.39 is 0 Å². The fourth-order valence-electron chi connectivity index (χ4n) is 2.32. The topological polar surface area (TPSA) is 15.6 Å². The smallest absolute Gasteiger partial charge is 0.126 e. The van der Waals surface area contributed by atoms with Gasteiger partial charge in [-0.3, -0.25) is 0 Å². The lowest BCUT2D eigenvalue weighted by molar-refractivity contribution is 0.552. The highest BCUT2D eigenvalue weighted by atomic mass is 19.1. The number of aryl methyl sites for hydroxylation is 1. The fourth-order valence-corrected chi connectivity index (χ4v) is 2.32. The molecule has 4 heteroatoms. The Hall–Kier alpha value is -2.23. The molecule has 0 spiro atoms. The molecular formula is C19H22F2N2. The molecule has 0 N–H and O–H groups in total. The van der Waals surface area contributed by atoms with Crippen molar-refractivity contribution in [3.05, 3.63) is 64.2 Å². The normalized spacial score (nSPS) is 11.2. The highest BCUT2D eigenvalue weighted by Gasteiger charge is 2.09. The summed E-state index contributed by atoms with van der Waals surface area (Å²) < 4.78 is 27.3. The molecule has 0 aliphatic carbocycles. The summed E-state index contributed by atoms with van der Waals surface area (Å²) >= 11 is 0. The van der Waals surface area contributed by atoms with E-state index in [1.165, 1.54) is 18.2 Å². The molecule has 122 valence electrons. The first-order valence-electron chi connectivity index (χ1n) is 7.69. The quantitative estimate of drug-likeness (QED) is 0.572. The van der Waals surface area contributed by atoms with Gasteiger partial charge in [0, 0.05) is 13.6 Å². The molecule has 0 radical (unpaired) electrons. The molecular weight excluding hydrogens is 294 g/mol. The van der Waals surface area contributed by atoms with Crippen LogP contribution in [0, 0.1) is 25.5 Å². The van der Waals surface area contributed by atoms with E-state index >= 15 is 0 Å². The van der Waals surface area contributed by atoms with E-state index in [9.17, 15) is 8.78 Å². The molecule has 2 aromatic rings. The summed E-state index contributed by atoms with van der Waals surface area (Å²) in [5.41, 5.74) is 3.98. The van der Waals surface area contributed by atoms with E-state index in [2.05, 4.69) is 4.99 Å². The van der Waals surface area contributed by atoms with Crippen molar-refractivity contribution in [1.82, 2.24) is 4.90 Å². The number of rotatable bonds is 5. The van der Waals surface area contributed by atoms with Crippen molar-refractivity contribution >= 4 is 12.0 Å². The second-order valence-corrected chi connectivity index (χ2v) is 5.79. The molecule has 0 heterocycles. The third-order valence-corrected chi connectivity index (χ3v) is 3.96. The summed E-state index contributed by atoms with van der Waals surface area (Å²) in [4.78, 5) is 6.30. The number of benzene rings is 2. The van der Waals surface area contributed by atoms with Crippen LogP contribution in [0.25, 0.3) is 0 Å². The third-order valence-electron chi connectivity index (χ3n) is 3.96. The molecule has 0 amide bonds. The average Bonchev–Trinajstić information content (AvgIpc) is 2.52. The molecule has 0 saturated heterocycles. The standard InChI is InChI=1S/C19H22F2N2/c1-5-23(4)12-22-19-11-17(20)10-16(14(19)3)9-15-6-7-18(21)13(2)8-15/h6-8,10-12H,5,9H2,1-4H3/b22-12+. The zero-order chi connectivity index (χ0) is 17.0. The molecule has 0 aliphatic rings. The van der Waals surface area contributed by atoms with Crippen LogP contribution in [0.5, 0.6) is 0 Å². The Morgan fingerprint density at radius 3 is 2.52 bits per heavy atom. The summed E-state index contributed by atoms with van der Waals surface area (Å²) in [6.07, 6.45) is 2.25. The second kappa shape index (κ2) is 7.36. The first-order valence-corrected chi connectivity index (χ1v) is 7.69. The second-order valence-electron chi connectivity index (χ2n) is 5.79. The highest BCUT2D eigenvalue weighted by Crippen LogP contribution is 2.26. The molecule has 2 rings (SSSR count). The molecule has 2 nitrogen and oxygen atoms in total. The van der Waals surface area contributed by atoms with Gasteiger partial charge in [-0.2, -0.15) is 0 Å². The molecule has 0 aliphatic heterocycles. The van der Waals surface area contributed by atoms with Gasteiger partial charge in [0.1, 0.15) is 11.6 Å². The van der Waals surface area contributed by atoms with Crippen molar-refractivity contribution in [2.75, 3.05) is 13.6 Å². The first-order chi connectivity index (χ1) is 10.9. The van der Waals surface area contributed by atoms with E-state index in [-0.39, 0.29) is 11.6 Å². The average molecular weight is 316 g/mol. The van der Waals surface area contributed by atoms with Crippen LogP contribution in [-0.2, 0) is 6.42 Å². The van der Waals surface area contributed by atoms with Gasteiger partial charge in [0.2, 0.25) is 0 Å². The Morgan fingerprint density at radius 1 is 1.13 bits per heavy atom. The molecule has 0 unspecified atom stereocenters. The van der Waals surface area contributed by atoms with Crippen LogP contribution in [0.4, 0.5) is 14.5 Å². The maximum absolute atomic E-state index is 13.9. The van der Waals surface area contributed by atoms with E-state index in [4.69, 9.17) is 0 Å². The van der Waals surface area contributed by atoms with E-state index in [1.807, 2.05) is 25.8 Å². The van der Waals surface area contributed by atoms with Crippen molar-refractivity contribution in [2.45, 2.75) is 27.2 Å². The number of hydrogen-bond acceptors (Lipinski definition) is 1. The maximum atomic E-state index is 13.9. The maximum Gasteiger partial charge on any atom is 0.126 e. The van der Waals surface area contributed by atoms with E-state index in [0.29, 0.717) is 17.7 Å². The van der Waals surface area contributed by atoms with Crippen LogP contribution in [0.15, 0.2) is 35.3 Å². The lowest BCUT2D eigenvalue weighted by atomic mass is 9.98. The minimum atomic E-state index is -0.310. The lowest BCUT2D eigenvalue weighted by Crippen LogP contribution is -2.14. The largest absolute Gasteiger partial charge is 0.366 e. The van der Waals surface area contributed by atoms with Gasteiger partial charge >= 0.3 is 0 Å². The molecule has 0 fully saturated rings. The first kappa shape index (κ1) is 17.1. The number of aliphatic imine (C=N–C) groups is 1. The van der Waals surface area contributed by atoms with Crippen LogP contribution in [0.3, 0.4) is 0 Å². The predicted molar refractivity (Wildman–Crippen MR) is 91.5 cm³/mol. The van der Waals surface area contributed by atoms with Gasteiger partial charge in [-0.15, -0.1) is 0 Å². The van der Waals surface area contributed by atoms with Crippen molar-refractivity contribution in [1.29, 1.82) is 0 Å². The van der Waals surface area contributed by atoms with Gasteiger partial charge in [0.25, 0.3) is 0 Å². The molecule has 0 aromatic heterocycles. The number of nitrogens with zero attached hydrogens (tertiary/aromatic N) is 2. The van der Waals surface area contributed by atoms with E-state index in [0.717, 1.165) is 23.2 Å². The Kier molecular flexibility index (Phi) is 5.48. The Morgan fingerprint density at radius 2 is 1.87 bits per heavy atom. The molecule has 23 heavy (non-hydrogen) atoms. The SMILES string of the molecule is CCN(C)/C=N/c1cc(F)cc(Cc2ccc(F)c(C)c2)c1C. The van der Waals surface area contributed by atoms with Crippen LogP contribution in [0.2, 0.25) is 0 Å². The molecule has 0 atom stereocenters. The van der Waals surface area contributed by atoms with Crippen molar-refractivity contribution in [3.63, 3.8) is 0 Å². The summed E-state index contributed by atoms with van der Waals surface area (Å²) in [5, 5.41) is 0. The molecule has 2 aromatic carbocycles. The minimum Gasteiger partial charge on any atom is -0.366 e. The molecule has 0 saturated carbocycles. The zero-order valence-corrected chi connectivity index (χ0v) is 14.0. The van der Waals surface area contributed by atoms with Gasteiger partial charge in [-0.25, -0.2) is 13.8 Å². The monoisotopic (exact) mass is 316 g/mol. The summed E-state index contributed by atoms with van der Waals surface area (Å²) in [7, 11) is 1.92.